The predicted octanol–water partition coefficient (Wildman–Crippen LogP) is 9.75. The Morgan fingerprint density at radius 3 is 2.13 bits per heavy atom. The van der Waals surface area contributed by atoms with E-state index in [0.717, 1.165) is 49.4 Å². The summed E-state index contributed by atoms with van der Waals surface area (Å²) in [5.74, 6) is 0.450. The fourth-order valence-corrected chi connectivity index (χ4v) is 7.48. The lowest BCUT2D eigenvalue weighted by Crippen LogP contribution is -2.36. The third kappa shape index (κ3) is 10.9. The summed E-state index contributed by atoms with van der Waals surface area (Å²) in [5.41, 5.74) is 7.41. The van der Waals surface area contributed by atoms with Crippen molar-refractivity contribution in [1.82, 2.24) is 14.4 Å². The highest BCUT2D eigenvalue weighted by atomic mass is 19.1. The van der Waals surface area contributed by atoms with Gasteiger partial charge in [-0.2, -0.15) is 0 Å². The minimum atomic E-state index is -0.463. The summed E-state index contributed by atoms with van der Waals surface area (Å²) in [6.07, 6.45) is 0.752. The van der Waals surface area contributed by atoms with Crippen LogP contribution in [0.15, 0.2) is 127 Å². The molecule has 0 bridgehead atoms. The second kappa shape index (κ2) is 21.3. The van der Waals surface area contributed by atoms with E-state index in [1.165, 1.54) is 17.7 Å². The summed E-state index contributed by atoms with van der Waals surface area (Å²) < 4.78 is 33.6. The normalized spacial score (nSPS) is 13.5. The molecule has 61 heavy (non-hydrogen) atoms. The smallest absolute Gasteiger partial charge is 0.260 e. The average Bonchev–Trinajstić information content (AvgIpc) is 3.61. The molecule has 0 radical (unpaired) electrons. The number of carbonyl (C=O) groups excluding carboxylic acids is 2. The maximum atomic E-state index is 14.9. The molecule has 318 valence electrons. The molecular formula is C51H57FN4O5. The molecule has 0 N–H and O–H groups in total. The highest BCUT2D eigenvalue weighted by Gasteiger charge is 2.28. The topological polar surface area (TPSA) is 76.5 Å². The van der Waals surface area contributed by atoms with Gasteiger partial charge in [-0.15, -0.1) is 0 Å². The number of hydrogen-bond acceptors (Lipinski definition) is 6. The molecule has 6 aromatic rings. The van der Waals surface area contributed by atoms with E-state index in [9.17, 15) is 14.0 Å². The average molecular weight is 825 g/mol. The zero-order valence-electron chi connectivity index (χ0n) is 36.2. The van der Waals surface area contributed by atoms with E-state index in [0.29, 0.717) is 65.0 Å². The van der Waals surface area contributed by atoms with Gasteiger partial charge < -0.3 is 33.5 Å². The van der Waals surface area contributed by atoms with E-state index in [-0.39, 0.29) is 18.4 Å². The number of hydrogen-bond donors (Lipinski definition) is 0. The number of nitrogens with zero attached hydrogens (tertiary/aromatic N) is 4. The molecule has 1 saturated heterocycles. The SMILES string of the molecule is CC.CN1CCOCC1.COc1ccccc1CN(C(=O)c1cc(-c2cc(F)ccc2C(=O)N2CCc3ccccc3C2)n(C)c1C)c1ccc(OCc2ccccc2)cc1. The molecule has 8 rings (SSSR count). The Morgan fingerprint density at radius 2 is 1.44 bits per heavy atom. The van der Waals surface area contributed by atoms with Crippen LogP contribution in [0.25, 0.3) is 11.3 Å². The molecule has 10 heteroatoms. The quantitative estimate of drug-likeness (QED) is 0.137. The summed E-state index contributed by atoms with van der Waals surface area (Å²) in [6.45, 7) is 11.6. The second-order valence-corrected chi connectivity index (χ2v) is 14.9. The third-order valence-electron chi connectivity index (χ3n) is 11.1. The van der Waals surface area contributed by atoms with Gasteiger partial charge in [-0.1, -0.05) is 86.6 Å². The van der Waals surface area contributed by atoms with Gasteiger partial charge in [-0.3, -0.25) is 9.59 Å². The van der Waals surface area contributed by atoms with Gasteiger partial charge in [0.15, 0.2) is 0 Å². The first-order valence-corrected chi connectivity index (χ1v) is 21.0. The van der Waals surface area contributed by atoms with Crippen LogP contribution in [-0.2, 0) is 37.9 Å². The summed E-state index contributed by atoms with van der Waals surface area (Å²) in [7, 11) is 5.56. The fourth-order valence-electron chi connectivity index (χ4n) is 7.48. The van der Waals surface area contributed by atoms with E-state index in [1.807, 2.05) is 134 Å². The Labute approximate surface area is 359 Å². The molecule has 0 atom stereocenters. The Morgan fingerprint density at radius 1 is 0.770 bits per heavy atom. The molecule has 0 spiro atoms. The highest BCUT2D eigenvalue weighted by Crippen LogP contribution is 2.33. The lowest BCUT2D eigenvalue weighted by molar-refractivity contribution is 0.0503. The number of morpholine rings is 1. The number of amides is 2. The van der Waals surface area contributed by atoms with Crippen LogP contribution >= 0.6 is 0 Å². The Balaban J connectivity index is 0.000000621. The number of fused-ring (bicyclic) bond motifs is 1. The molecule has 0 unspecified atom stereocenters. The lowest BCUT2D eigenvalue weighted by Gasteiger charge is -2.29. The molecule has 0 aliphatic carbocycles. The van der Waals surface area contributed by atoms with Gasteiger partial charge in [0.1, 0.15) is 23.9 Å². The maximum absolute atomic E-state index is 14.9. The first-order valence-electron chi connectivity index (χ1n) is 21.0. The van der Waals surface area contributed by atoms with Crippen LogP contribution in [0.1, 0.15) is 62.5 Å². The number of likely N-dealkylation sites (N-methyl/N-ethyl adjacent to an activating group) is 1. The van der Waals surface area contributed by atoms with Gasteiger partial charge in [-0.25, -0.2) is 4.39 Å². The van der Waals surface area contributed by atoms with Crippen LogP contribution in [0.4, 0.5) is 10.1 Å². The highest BCUT2D eigenvalue weighted by molar-refractivity contribution is 6.08. The van der Waals surface area contributed by atoms with E-state index in [1.54, 1.807) is 24.1 Å². The number of rotatable bonds is 10. The van der Waals surface area contributed by atoms with Crippen molar-refractivity contribution in [3.8, 4) is 22.8 Å². The van der Waals surface area contributed by atoms with Crippen LogP contribution in [-0.4, -0.2) is 73.2 Å². The second-order valence-electron chi connectivity index (χ2n) is 14.9. The number of halogens is 1. The number of carbonyl (C=O) groups is 2. The van der Waals surface area contributed by atoms with Crippen molar-refractivity contribution in [2.24, 2.45) is 7.05 Å². The van der Waals surface area contributed by atoms with Crippen molar-refractivity contribution >= 4 is 17.5 Å². The summed E-state index contributed by atoms with van der Waals surface area (Å²) in [6, 6.07) is 39.1. The van der Waals surface area contributed by atoms with Gasteiger partial charge in [0.2, 0.25) is 0 Å². The standard InChI is InChI=1S/C44H40FN3O4.C5H11NO.C2H6/c1-30-39(26-41(46(30)2)40-25-35(45)17-22-38(40)43(49)47-24-23-32-13-7-8-14-33(32)27-47)44(50)48(28-34-15-9-10-16-42(34)51-3)36-18-20-37(21-19-36)52-29-31-11-5-4-6-12-31;1-6-2-4-7-5-3-6;1-2/h4-22,25-26H,23-24,27-29H2,1-3H3;2-5H2,1H3;1-2H3. The molecule has 2 aliphatic rings. The monoisotopic (exact) mass is 824 g/mol. The number of benzene rings is 5. The number of methoxy groups -OCH3 is 1. The fraction of sp³-hybridized carbons (Fsp3) is 0.294. The minimum Gasteiger partial charge on any atom is -0.496 e. The number of ether oxygens (including phenoxy) is 3. The minimum absolute atomic E-state index is 0.177. The van der Waals surface area contributed by atoms with Crippen molar-refractivity contribution < 1.29 is 28.2 Å². The Kier molecular flexibility index (Phi) is 15.5. The zero-order valence-corrected chi connectivity index (χ0v) is 36.2. The number of aromatic nitrogens is 1. The van der Waals surface area contributed by atoms with Crippen molar-refractivity contribution in [3.05, 3.63) is 172 Å². The number of para-hydroxylation sites is 1. The van der Waals surface area contributed by atoms with Crippen molar-refractivity contribution in [1.29, 1.82) is 0 Å². The first kappa shape index (κ1) is 44.3. The van der Waals surface area contributed by atoms with Crippen molar-refractivity contribution in [2.45, 2.75) is 46.9 Å². The van der Waals surface area contributed by atoms with Crippen LogP contribution in [0, 0.1) is 12.7 Å². The zero-order chi connectivity index (χ0) is 43.3. The van der Waals surface area contributed by atoms with Gasteiger partial charge in [0.05, 0.1) is 32.4 Å². The van der Waals surface area contributed by atoms with E-state index in [2.05, 4.69) is 18.0 Å². The predicted molar refractivity (Wildman–Crippen MR) is 241 cm³/mol. The van der Waals surface area contributed by atoms with Gasteiger partial charge in [0, 0.05) is 67.0 Å². The largest absolute Gasteiger partial charge is 0.496 e. The molecular weight excluding hydrogens is 768 g/mol. The van der Waals surface area contributed by atoms with Crippen LogP contribution in [0.3, 0.4) is 0 Å². The van der Waals surface area contributed by atoms with Crippen molar-refractivity contribution in [3.63, 3.8) is 0 Å². The van der Waals surface area contributed by atoms with Crippen LogP contribution in [0.2, 0.25) is 0 Å². The summed E-state index contributed by atoms with van der Waals surface area (Å²) in [5, 5.41) is 0. The van der Waals surface area contributed by atoms with E-state index < -0.39 is 5.82 Å². The van der Waals surface area contributed by atoms with Crippen LogP contribution in [0.5, 0.6) is 11.5 Å². The molecule has 0 saturated carbocycles. The molecule has 1 fully saturated rings. The first-order chi connectivity index (χ1) is 29.7. The van der Waals surface area contributed by atoms with Crippen LogP contribution < -0.4 is 14.4 Å². The molecule has 1 aromatic heterocycles. The molecule has 5 aromatic carbocycles. The van der Waals surface area contributed by atoms with Gasteiger partial charge in [-0.05, 0) is 91.7 Å². The molecule has 3 heterocycles. The van der Waals surface area contributed by atoms with E-state index >= 15 is 0 Å². The maximum Gasteiger partial charge on any atom is 0.260 e. The van der Waals surface area contributed by atoms with Gasteiger partial charge in [0.25, 0.3) is 11.8 Å². The molecule has 2 amide bonds. The Bertz CT molecular complexity index is 2370. The van der Waals surface area contributed by atoms with E-state index in [4.69, 9.17) is 14.2 Å². The summed E-state index contributed by atoms with van der Waals surface area (Å²) >= 11 is 0. The van der Waals surface area contributed by atoms with Gasteiger partial charge >= 0.3 is 0 Å². The molecule has 9 nitrogen and oxygen atoms in total. The summed E-state index contributed by atoms with van der Waals surface area (Å²) in [4.78, 5) is 34.5. The number of anilines is 1. The van der Waals surface area contributed by atoms with Crippen molar-refractivity contribution in [2.75, 3.05) is 51.9 Å². The lowest BCUT2D eigenvalue weighted by atomic mass is 9.97. The Hall–Kier alpha value is -6.23. The molecule has 2 aliphatic heterocycles. The third-order valence-corrected chi connectivity index (χ3v) is 11.1.